The van der Waals surface area contributed by atoms with Crippen LogP contribution in [0.4, 0.5) is 0 Å². The molecule has 0 amide bonds. The summed E-state index contributed by atoms with van der Waals surface area (Å²) < 4.78 is 4.55. The molecule has 0 aromatic carbocycles. The van der Waals surface area contributed by atoms with E-state index in [1.54, 1.807) is 0 Å². The van der Waals surface area contributed by atoms with Crippen molar-refractivity contribution in [1.82, 2.24) is 10.2 Å². The molecule has 90 valence electrons. The second-order valence-corrected chi connectivity index (χ2v) is 4.83. The molecule has 0 aliphatic carbocycles. The Balaban J connectivity index is 1.69. The van der Waals surface area contributed by atoms with Crippen molar-refractivity contribution < 1.29 is 9.53 Å². The van der Waals surface area contributed by atoms with Crippen molar-refractivity contribution in [2.24, 2.45) is 5.41 Å². The van der Waals surface area contributed by atoms with E-state index in [4.69, 9.17) is 0 Å². The zero-order chi connectivity index (χ0) is 11.4. The van der Waals surface area contributed by atoms with Crippen molar-refractivity contribution in [3.63, 3.8) is 0 Å². The van der Waals surface area contributed by atoms with E-state index >= 15 is 0 Å². The summed E-state index contributed by atoms with van der Waals surface area (Å²) in [5, 5.41) is 3.36. The summed E-state index contributed by atoms with van der Waals surface area (Å²) >= 11 is 0. The number of ether oxygens (including phenoxy) is 1. The first-order valence-corrected chi connectivity index (χ1v) is 5.92. The van der Waals surface area contributed by atoms with Gasteiger partial charge in [-0.25, -0.2) is 4.79 Å². The highest BCUT2D eigenvalue weighted by Crippen LogP contribution is 2.34. The number of nitrogens with zero attached hydrogens (tertiary/aromatic N) is 1. The third kappa shape index (κ3) is 2.62. The summed E-state index contributed by atoms with van der Waals surface area (Å²) in [5.74, 6) is -0.267. The van der Waals surface area contributed by atoms with Crippen LogP contribution in [0.25, 0.3) is 0 Å². The molecule has 0 radical (unpaired) electrons. The van der Waals surface area contributed by atoms with Gasteiger partial charge >= 0.3 is 5.97 Å². The fraction of sp³-hybridized carbons (Fsp3) is 0.750. The van der Waals surface area contributed by atoms with Crippen molar-refractivity contribution in [2.75, 3.05) is 39.8 Å². The third-order valence-corrected chi connectivity index (χ3v) is 3.74. The monoisotopic (exact) mass is 224 g/mol. The van der Waals surface area contributed by atoms with Gasteiger partial charge in [-0.1, -0.05) is 6.08 Å². The molecule has 1 spiro atoms. The molecule has 0 unspecified atom stereocenters. The highest BCUT2D eigenvalue weighted by atomic mass is 16.5. The molecule has 2 aliphatic rings. The molecule has 2 rings (SSSR count). The maximum Gasteiger partial charge on any atom is 0.330 e. The molecule has 0 atom stereocenters. The van der Waals surface area contributed by atoms with Gasteiger partial charge in [-0.3, -0.25) is 4.90 Å². The number of methoxy groups -OCH3 is 1. The molecule has 2 fully saturated rings. The van der Waals surface area contributed by atoms with E-state index in [0.717, 1.165) is 19.6 Å². The Morgan fingerprint density at radius 1 is 1.44 bits per heavy atom. The van der Waals surface area contributed by atoms with Crippen LogP contribution in [0, 0.1) is 5.41 Å². The quantitative estimate of drug-likeness (QED) is 0.556. The Bertz CT molecular complexity index is 275. The number of esters is 1. The van der Waals surface area contributed by atoms with Crippen LogP contribution in [-0.4, -0.2) is 50.7 Å². The van der Waals surface area contributed by atoms with Gasteiger partial charge in [0, 0.05) is 25.7 Å². The van der Waals surface area contributed by atoms with E-state index in [1.165, 1.54) is 39.1 Å². The predicted octanol–water partition coefficient (Wildman–Crippen LogP) is 0.401. The van der Waals surface area contributed by atoms with E-state index in [-0.39, 0.29) is 5.97 Å². The largest absolute Gasteiger partial charge is 0.466 e. The van der Waals surface area contributed by atoms with E-state index in [0.29, 0.717) is 5.41 Å². The van der Waals surface area contributed by atoms with Crippen LogP contribution in [-0.2, 0) is 9.53 Å². The number of likely N-dealkylation sites (tertiary alicyclic amines) is 1. The summed E-state index contributed by atoms with van der Waals surface area (Å²) in [7, 11) is 1.40. The standard InChI is InChI=1S/C12H20N2O2/c1-16-11(15)3-2-6-14-7-4-12(5-8-14)9-13-10-12/h2-3,13H,4-10H2,1H3/b3-2+. The average molecular weight is 224 g/mol. The minimum atomic E-state index is -0.267. The Morgan fingerprint density at radius 3 is 2.62 bits per heavy atom. The van der Waals surface area contributed by atoms with Crippen LogP contribution >= 0.6 is 0 Å². The lowest BCUT2D eigenvalue weighted by Gasteiger charge is -2.48. The molecule has 0 bridgehead atoms. The molecule has 1 N–H and O–H groups in total. The Labute approximate surface area is 96.6 Å². The van der Waals surface area contributed by atoms with Crippen LogP contribution in [0.1, 0.15) is 12.8 Å². The van der Waals surface area contributed by atoms with Gasteiger partial charge in [-0.2, -0.15) is 0 Å². The lowest BCUT2D eigenvalue weighted by molar-refractivity contribution is -0.134. The van der Waals surface area contributed by atoms with Gasteiger partial charge in [0.2, 0.25) is 0 Å². The first kappa shape index (κ1) is 11.6. The number of hydrogen-bond acceptors (Lipinski definition) is 4. The summed E-state index contributed by atoms with van der Waals surface area (Å²) in [6.45, 7) is 5.54. The lowest BCUT2D eigenvalue weighted by atomic mass is 9.73. The zero-order valence-electron chi connectivity index (χ0n) is 9.87. The van der Waals surface area contributed by atoms with Gasteiger partial charge in [0.25, 0.3) is 0 Å². The molecule has 2 heterocycles. The van der Waals surface area contributed by atoms with Gasteiger partial charge in [-0.05, 0) is 31.3 Å². The van der Waals surface area contributed by atoms with E-state index < -0.39 is 0 Å². The Kier molecular flexibility index (Phi) is 3.61. The van der Waals surface area contributed by atoms with Gasteiger partial charge in [0.1, 0.15) is 0 Å². The molecule has 0 aromatic rings. The third-order valence-electron chi connectivity index (χ3n) is 3.74. The molecule has 4 heteroatoms. The van der Waals surface area contributed by atoms with Crippen molar-refractivity contribution >= 4 is 5.97 Å². The number of rotatable bonds is 3. The van der Waals surface area contributed by atoms with Crippen molar-refractivity contribution in [3.8, 4) is 0 Å². The van der Waals surface area contributed by atoms with Gasteiger partial charge in [0.05, 0.1) is 7.11 Å². The maximum atomic E-state index is 10.9. The minimum Gasteiger partial charge on any atom is -0.466 e. The molecular formula is C12H20N2O2. The summed E-state index contributed by atoms with van der Waals surface area (Å²) in [6, 6.07) is 0. The highest BCUT2D eigenvalue weighted by molar-refractivity contribution is 5.81. The van der Waals surface area contributed by atoms with Crippen molar-refractivity contribution in [1.29, 1.82) is 0 Å². The maximum absolute atomic E-state index is 10.9. The van der Waals surface area contributed by atoms with E-state index in [1.807, 2.05) is 6.08 Å². The van der Waals surface area contributed by atoms with Crippen molar-refractivity contribution in [3.05, 3.63) is 12.2 Å². The predicted molar refractivity (Wildman–Crippen MR) is 62.1 cm³/mol. The number of nitrogens with one attached hydrogen (secondary N) is 1. The first-order valence-electron chi connectivity index (χ1n) is 5.92. The summed E-state index contributed by atoms with van der Waals surface area (Å²) in [5.41, 5.74) is 0.600. The zero-order valence-corrected chi connectivity index (χ0v) is 9.87. The number of carbonyl (C=O) groups excluding carboxylic acids is 1. The Morgan fingerprint density at radius 2 is 2.12 bits per heavy atom. The number of carbonyl (C=O) groups is 1. The minimum absolute atomic E-state index is 0.267. The van der Waals surface area contributed by atoms with Gasteiger partial charge < -0.3 is 10.1 Å². The van der Waals surface area contributed by atoms with Gasteiger partial charge in [0.15, 0.2) is 0 Å². The first-order chi connectivity index (χ1) is 7.74. The fourth-order valence-electron chi connectivity index (χ4n) is 2.41. The summed E-state index contributed by atoms with van der Waals surface area (Å²) in [4.78, 5) is 13.3. The second kappa shape index (κ2) is 4.97. The topological polar surface area (TPSA) is 41.6 Å². The Hall–Kier alpha value is -0.870. The van der Waals surface area contributed by atoms with E-state index in [2.05, 4.69) is 15.0 Å². The highest BCUT2D eigenvalue weighted by Gasteiger charge is 2.39. The molecule has 0 saturated carbocycles. The SMILES string of the molecule is COC(=O)/C=C/CN1CCC2(CC1)CNC2. The molecule has 16 heavy (non-hydrogen) atoms. The number of hydrogen-bond donors (Lipinski definition) is 1. The fourth-order valence-corrected chi connectivity index (χ4v) is 2.41. The normalized spacial score (nSPS) is 24.6. The van der Waals surface area contributed by atoms with Crippen molar-refractivity contribution in [2.45, 2.75) is 12.8 Å². The molecular weight excluding hydrogens is 204 g/mol. The molecule has 0 aromatic heterocycles. The smallest absolute Gasteiger partial charge is 0.330 e. The lowest BCUT2D eigenvalue weighted by Crippen LogP contribution is -2.58. The van der Waals surface area contributed by atoms with Crippen LogP contribution in [0.15, 0.2) is 12.2 Å². The van der Waals surface area contributed by atoms with Gasteiger partial charge in [-0.15, -0.1) is 0 Å². The van der Waals surface area contributed by atoms with Crippen LogP contribution < -0.4 is 5.32 Å². The number of piperidine rings is 1. The molecule has 2 saturated heterocycles. The summed E-state index contributed by atoms with van der Waals surface area (Å²) in [6.07, 6.45) is 5.97. The molecule has 2 aliphatic heterocycles. The van der Waals surface area contributed by atoms with E-state index in [9.17, 15) is 4.79 Å². The molecule has 4 nitrogen and oxygen atoms in total. The van der Waals surface area contributed by atoms with Crippen LogP contribution in [0.2, 0.25) is 0 Å². The van der Waals surface area contributed by atoms with Crippen LogP contribution in [0.3, 0.4) is 0 Å². The van der Waals surface area contributed by atoms with Crippen LogP contribution in [0.5, 0.6) is 0 Å². The second-order valence-electron chi connectivity index (χ2n) is 4.83. The average Bonchev–Trinajstić information content (AvgIpc) is 2.28.